The average Bonchev–Trinajstić information content (AvgIpc) is 3.18. The molecule has 0 aliphatic carbocycles. The number of hydrogen-bond donors (Lipinski definition) is 1. The van der Waals surface area contributed by atoms with Crippen molar-refractivity contribution in [3.63, 3.8) is 0 Å². The third-order valence-electron chi connectivity index (χ3n) is 5.33. The van der Waals surface area contributed by atoms with Gasteiger partial charge in [0.2, 0.25) is 0 Å². The molecule has 0 amide bonds. The fourth-order valence-electron chi connectivity index (χ4n) is 3.73. The lowest BCUT2D eigenvalue weighted by Crippen LogP contribution is -2.26. The predicted octanol–water partition coefficient (Wildman–Crippen LogP) is 3.51. The van der Waals surface area contributed by atoms with Gasteiger partial charge in [-0.3, -0.25) is 19.3 Å². The molecular formula is C24H21N7O2. The molecule has 5 rings (SSSR count). The first-order chi connectivity index (χ1) is 16.1. The lowest BCUT2D eigenvalue weighted by atomic mass is 10.1. The Morgan fingerprint density at radius 1 is 0.970 bits per heavy atom. The second-order valence-corrected chi connectivity index (χ2v) is 7.67. The van der Waals surface area contributed by atoms with E-state index in [0.29, 0.717) is 35.7 Å². The third kappa shape index (κ3) is 4.08. The molecule has 0 saturated heterocycles. The van der Waals surface area contributed by atoms with E-state index in [1.165, 1.54) is 0 Å². The highest BCUT2D eigenvalue weighted by Gasteiger charge is 2.17. The molecule has 0 aliphatic heterocycles. The van der Waals surface area contributed by atoms with Gasteiger partial charge in [-0.05, 0) is 49.2 Å². The molecular weight excluding hydrogens is 418 g/mol. The highest BCUT2D eigenvalue weighted by atomic mass is 16.5. The van der Waals surface area contributed by atoms with Gasteiger partial charge in [-0.1, -0.05) is 17.3 Å². The average molecular weight is 439 g/mol. The summed E-state index contributed by atoms with van der Waals surface area (Å²) in [5, 5.41) is 7.18. The molecule has 164 valence electrons. The Labute approximate surface area is 189 Å². The molecule has 0 aromatic carbocycles. The van der Waals surface area contributed by atoms with Crippen LogP contribution in [0.2, 0.25) is 0 Å². The van der Waals surface area contributed by atoms with Crippen LogP contribution in [0.5, 0.6) is 0 Å². The van der Waals surface area contributed by atoms with Crippen LogP contribution >= 0.6 is 0 Å². The first-order valence-corrected chi connectivity index (χ1v) is 10.5. The van der Waals surface area contributed by atoms with Gasteiger partial charge in [0.25, 0.3) is 5.56 Å². The molecule has 9 heteroatoms. The molecule has 0 spiro atoms. The minimum Gasteiger partial charge on any atom is -0.361 e. The molecule has 0 bridgehead atoms. The topological polar surface area (TPSA) is 112 Å². The van der Waals surface area contributed by atoms with Crippen molar-refractivity contribution in [1.82, 2.24) is 29.7 Å². The van der Waals surface area contributed by atoms with Crippen LogP contribution in [-0.2, 0) is 13.1 Å². The summed E-state index contributed by atoms with van der Waals surface area (Å²) in [5.74, 6) is 0.922. The standard InChI is InChI=1S/C24H21N7O2/c1-15-21(16(2)33-30-15)19-7-8-20-23(29-19)31(14-18-6-4-10-26-12-18)24(32)22(28-20)27-13-17-5-3-9-25-11-17/h3-12H,13-14H2,1-2H3,(H,27,28). The van der Waals surface area contributed by atoms with Gasteiger partial charge in [-0.25, -0.2) is 9.97 Å². The number of anilines is 1. The summed E-state index contributed by atoms with van der Waals surface area (Å²) in [6, 6.07) is 11.3. The summed E-state index contributed by atoms with van der Waals surface area (Å²) in [6.45, 7) is 4.45. The largest absolute Gasteiger partial charge is 0.361 e. The first kappa shape index (κ1) is 20.5. The van der Waals surface area contributed by atoms with Crippen LogP contribution in [0.25, 0.3) is 22.4 Å². The zero-order valence-electron chi connectivity index (χ0n) is 18.2. The highest BCUT2D eigenvalue weighted by molar-refractivity contribution is 5.77. The van der Waals surface area contributed by atoms with E-state index >= 15 is 0 Å². The Balaban J connectivity index is 1.63. The van der Waals surface area contributed by atoms with E-state index in [1.807, 2.05) is 50.2 Å². The lowest BCUT2D eigenvalue weighted by Gasteiger charge is -2.13. The van der Waals surface area contributed by atoms with Gasteiger partial charge in [0.05, 0.1) is 23.5 Å². The van der Waals surface area contributed by atoms with Gasteiger partial charge in [0, 0.05) is 31.3 Å². The molecule has 5 aromatic heterocycles. The Bertz CT molecular complexity index is 1460. The molecule has 5 heterocycles. The van der Waals surface area contributed by atoms with E-state index in [-0.39, 0.29) is 11.4 Å². The minimum atomic E-state index is -0.265. The predicted molar refractivity (Wildman–Crippen MR) is 124 cm³/mol. The molecule has 0 atom stereocenters. The molecule has 5 aromatic rings. The number of hydrogen-bond acceptors (Lipinski definition) is 8. The number of nitrogens with zero attached hydrogens (tertiary/aromatic N) is 6. The van der Waals surface area contributed by atoms with Crippen molar-refractivity contribution in [3.8, 4) is 11.3 Å². The number of fused-ring (bicyclic) bond motifs is 1. The molecule has 0 saturated carbocycles. The van der Waals surface area contributed by atoms with E-state index < -0.39 is 0 Å². The van der Waals surface area contributed by atoms with Crippen molar-refractivity contribution in [2.24, 2.45) is 0 Å². The van der Waals surface area contributed by atoms with E-state index in [2.05, 4.69) is 25.4 Å². The number of nitrogens with one attached hydrogen (secondary N) is 1. The monoisotopic (exact) mass is 439 g/mol. The van der Waals surface area contributed by atoms with Crippen LogP contribution in [0.15, 0.2) is 70.5 Å². The van der Waals surface area contributed by atoms with Crippen molar-refractivity contribution < 1.29 is 4.52 Å². The van der Waals surface area contributed by atoms with Crippen molar-refractivity contribution >= 4 is 17.0 Å². The molecule has 0 aliphatic rings. The number of aromatic nitrogens is 6. The molecule has 33 heavy (non-hydrogen) atoms. The fourth-order valence-corrected chi connectivity index (χ4v) is 3.73. The van der Waals surface area contributed by atoms with Crippen LogP contribution in [-0.4, -0.2) is 29.7 Å². The van der Waals surface area contributed by atoms with Crippen molar-refractivity contribution in [2.45, 2.75) is 26.9 Å². The Hall–Kier alpha value is -4.40. The Morgan fingerprint density at radius 2 is 1.73 bits per heavy atom. The fraction of sp³-hybridized carbons (Fsp3) is 0.167. The molecule has 0 unspecified atom stereocenters. The maximum Gasteiger partial charge on any atom is 0.295 e. The lowest BCUT2D eigenvalue weighted by molar-refractivity contribution is 0.393. The zero-order chi connectivity index (χ0) is 22.8. The van der Waals surface area contributed by atoms with Crippen LogP contribution < -0.4 is 10.9 Å². The normalized spacial score (nSPS) is 11.1. The summed E-state index contributed by atoms with van der Waals surface area (Å²) < 4.78 is 6.92. The van der Waals surface area contributed by atoms with Gasteiger partial charge in [-0.2, -0.15) is 0 Å². The van der Waals surface area contributed by atoms with Gasteiger partial charge < -0.3 is 9.84 Å². The first-order valence-electron chi connectivity index (χ1n) is 10.5. The zero-order valence-corrected chi connectivity index (χ0v) is 18.2. The van der Waals surface area contributed by atoms with E-state index in [1.54, 1.807) is 29.4 Å². The van der Waals surface area contributed by atoms with Crippen LogP contribution in [0.4, 0.5) is 5.82 Å². The van der Waals surface area contributed by atoms with Crippen molar-refractivity contribution in [1.29, 1.82) is 0 Å². The maximum absolute atomic E-state index is 13.5. The number of rotatable bonds is 6. The summed E-state index contributed by atoms with van der Waals surface area (Å²) >= 11 is 0. The summed E-state index contributed by atoms with van der Waals surface area (Å²) in [5.41, 5.74) is 4.88. The van der Waals surface area contributed by atoms with Crippen LogP contribution in [0.1, 0.15) is 22.6 Å². The number of aryl methyl sites for hydroxylation is 2. The van der Waals surface area contributed by atoms with Crippen molar-refractivity contribution in [3.05, 3.63) is 94.1 Å². The second kappa shape index (κ2) is 8.62. The smallest absolute Gasteiger partial charge is 0.295 e. The molecule has 0 fully saturated rings. The number of pyridine rings is 3. The van der Waals surface area contributed by atoms with E-state index in [4.69, 9.17) is 9.51 Å². The molecule has 0 radical (unpaired) electrons. The quantitative estimate of drug-likeness (QED) is 0.428. The SMILES string of the molecule is Cc1noc(C)c1-c1ccc2nc(NCc3cccnc3)c(=O)n(Cc3cccnc3)c2n1. The Morgan fingerprint density at radius 3 is 2.39 bits per heavy atom. The van der Waals surface area contributed by atoms with E-state index in [9.17, 15) is 4.79 Å². The third-order valence-corrected chi connectivity index (χ3v) is 5.33. The second-order valence-electron chi connectivity index (χ2n) is 7.67. The van der Waals surface area contributed by atoms with Gasteiger partial charge in [0.1, 0.15) is 11.3 Å². The summed E-state index contributed by atoms with van der Waals surface area (Å²) in [4.78, 5) is 31.1. The minimum absolute atomic E-state index is 0.252. The summed E-state index contributed by atoms with van der Waals surface area (Å²) in [7, 11) is 0. The Kier molecular flexibility index (Phi) is 5.35. The molecule has 9 nitrogen and oxygen atoms in total. The van der Waals surface area contributed by atoms with Crippen LogP contribution in [0, 0.1) is 13.8 Å². The maximum atomic E-state index is 13.5. The molecule has 1 N–H and O–H groups in total. The van der Waals surface area contributed by atoms with Gasteiger partial charge in [-0.15, -0.1) is 0 Å². The van der Waals surface area contributed by atoms with Gasteiger partial charge >= 0.3 is 0 Å². The summed E-state index contributed by atoms with van der Waals surface area (Å²) in [6.07, 6.45) is 6.89. The van der Waals surface area contributed by atoms with Gasteiger partial charge in [0.15, 0.2) is 11.5 Å². The van der Waals surface area contributed by atoms with Crippen LogP contribution in [0.3, 0.4) is 0 Å². The highest BCUT2D eigenvalue weighted by Crippen LogP contribution is 2.26. The van der Waals surface area contributed by atoms with Crippen molar-refractivity contribution in [2.75, 3.05) is 5.32 Å². The van der Waals surface area contributed by atoms with E-state index in [0.717, 1.165) is 22.4 Å².